The van der Waals surface area contributed by atoms with Gasteiger partial charge in [0.15, 0.2) is 0 Å². The summed E-state index contributed by atoms with van der Waals surface area (Å²) in [5, 5.41) is 10.5. The van der Waals surface area contributed by atoms with Crippen molar-refractivity contribution in [2.75, 3.05) is 25.1 Å². The van der Waals surface area contributed by atoms with E-state index in [0.717, 1.165) is 11.1 Å². The van der Waals surface area contributed by atoms with Crippen molar-refractivity contribution < 1.29 is 33.8 Å². The first-order chi connectivity index (χ1) is 23.9. The third-order valence-electron chi connectivity index (χ3n) is 10.9. The molecule has 3 saturated heterocycles. The zero-order chi connectivity index (χ0) is 36.3. The van der Waals surface area contributed by atoms with Crippen LogP contribution in [0.25, 0.3) is 0 Å². The van der Waals surface area contributed by atoms with Crippen molar-refractivity contribution >= 4 is 29.4 Å². The van der Waals surface area contributed by atoms with Gasteiger partial charge in [-0.2, -0.15) is 0 Å². The smallest absolute Gasteiger partial charge is 0.313 e. The van der Waals surface area contributed by atoms with Crippen LogP contribution in [0, 0.1) is 25.7 Å². The van der Waals surface area contributed by atoms with Crippen LogP contribution in [0.2, 0.25) is 0 Å². The number of fused-ring (bicyclic) bond motifs is 1. The maximum atomic E-state index is 14.9. The van der Waals surface area contributed by atoms with Crippen molar-refractivity contribution in [1.82, 2.24) is 9.80 Å². The Labute approximate surface area is 295 Å². The largest absolute Gasteiger partial charge is 0.455 e. The lowest BCUT2D eigenvalue weighted by molar-refractivity contribution is -0.165. The predicted molar refractivity (Wildman–Crippen MR) is 191 cm³/mol. The van der Waals surface area contributed by atoms with Crippen LogP contribution in [-0.2, 0) is 28.7 Å². The third kappa shape index (κ3) is 6.51. The summed E-state index contributed by atoms with van der Waals surface area (Å²) in [6, 6.07) is 12.9. The topological polar surface area (TPSA) is 117 Å². The normalized spacial score (nSPS) is 25.4. The van der Waals surface area contributed by atoms with Gasteiger partial charge in [-0.25, -0.2) is 0 Å². The number of aryl methyl sites for hydroxylation is 2. The fraction of sp³-hybridized carbons (Fsp3) is 0.500. The zero-order valence-electron chi connectivity index (χ0n) is 29.9. The SMILES string of the molecule is C=CCCC(=O)N(C)[C@@H](C)[C@@H](OC(=O)[C@@H]1[C@H]2C(=O)N([C@@H](CC)CO)[C@H](C(=O)N(CC=C)c3cc(C)ccc3C)[C@]23CC[C@H]1O3)c1ccccc1. The molecule has 10 nitrogen and oxygen atoms in total. The molecule has 3 amide bonds. The van der Waals surface area contributed by atoms with Crippen molar-refractivity contribution in [2.45, 2.75) is 95.7 Å². The number of nitrogens with zero attached hydrogens (tertiary/aromatic N) is 3. The Morgan fingerprint density at radius 2 is 1.86 bits per heavy atom. The number of esters is 1. The van der Waals surface area contributed by atoms with E-state index in [1.807, 2.05) is 76.2 Å². The Morgan fingerprint density at radius 3 is 2.50 bits per heavy atom. The number of hydrogen-bond donors (Lipinski definition) is 1. The number of benzene rings is 2. The zero-order valence-corrected chi connectivity index (χ0v) is 29.9. The summed E-state index contributed by atoms with van der Waals surface area (Å²) in [6.07, 6.45) is 3.95. The molecular weight excluding hydrogens is 634 g/mol. The van der Waals surface area contributed by atoms with E-state index in [0.29, 0.717) is 36.9 Å². The summed E-state index contributed by atoms with van der Waals surface area (Å²) in [7, 11) is 1.69. The Kier molecular flexibility index (Phi) is 11.3. The summed E-state index contributed by atoms with van der Waals surface area (Å²) in [5.41, 5.74) is 1.99. The van der Waals surface area contributed by atoms with Crippen LogP contribution in [0.3, 0.4) is 0 Å². The van der Waals surface area contributed by atoms with E-state index in [1.165, 1.54) is 4.90 Å². The molecule has 2 aromatic carbocycles. The second kappa shape index (κ2) is 15.3. The van der Waals surface area contributed by atoms with Gasteiger partial charge < -0.3 is 29.3 Å². The minimum atomic E-state index is -1.28. The van der Waals surface area contributed by atoms with Gasteiger partial charge in [0.05, 0.1) is 36.6 Å². The Bertz CT molecular complexity index is 1610. The highest BCUT2D eigenvalue weighted by Gasteiger charge is 2.75. The summed E-state index contributed by atoms with van der Waals surface area (Å²) in [6.45, 7) is 15.0. The van der Waals surface area contributed by atoms with Gasteiger partial charge in [-0.1, -0.05) is 61.5 Å². The number of allylic oxidation sites excluding steroid dienone is 1. The maximum absolute atomic E-state index is 14.9. The van der Waals surface area contributed by atoms with Gasteiger partial charge in [-0.15, -0.1) is 13.2 Å². The molecule has 3 fully saturated rings. The monoisotopic (exact) mass is 685 g/mol. The highest BCUT2D eigenvalue weighted by molar-refractivity contribution is 6.05. The van der Waals surface area contributed by atoms with Gasteiger partial charge in [0.2, 0.25) is 11.8 Å². The number of aliphatic hydroxyl groups excluding tert-OH is 1. The molecule has 10 heteroatoms. The van der Waals surface area contributed by atoms with Gasteiger partial charge in [-0.05, 0) is 69.2 Å². The lowest BCUT2D eigenvalue weighted by atomic mass is 9.70. The lowest BCUT2D eigenvalue weighted by Crippen LogP contribution is -2.59. The predicted octanol–water partition coefficient (Wildman–Crippen LogP) is 5.07. The van der Waals surface area contributed by atoms with Crippen molar-refractivity contribution in [2.24, 2.45) is 11.8 Å². The molecule has 50 heavy (non-hydrogen) atoms. The number of aliphatic hydroxyl groups is 1. The molecule has 2 aromatic rings. The summed E-state index contributed by atoms with van der Waals surface area (Å²) >= 11 is 0. The molecular formula is C40H51N3O7. The summed E-state index contributed by atoms with van der Waals surface area (Å²) in [5.74, 6) is -3.40. The number of carbonyl (C=O) groups excluding carboxylic acids is 4. The minimum absolute atomic E-state index is 0.109. The van der Waals surface area contributed by atoms with Gasteiger partial charge in [-0.3, -0.25) is 19.2 Å². The number of carbonyl (C=O) groups is 4. The number of rotatable bonds is 15. The molecule has 1 N–H and O–H groups in total. The van der Waals surface area contributed by atoms with Crippen LogP contribution >= 0.6 is 0 Å². The van der Waals surface area contributed by atoms with Gasteiger partial charge in [0, 0.05) is 25.7 Å². The van der Waals surface area contributed by atoms with Crippen LogP contribution in [0.1, 0.15) is 68.7 Å². The molecule has 5 rings (SSSR count). The average Bonchev–Trinajstić information content (AvgIpc) is 3.77. The first-order valence-corrected chi connectivity index (χ1v) is 17.7. The highest BCUT2D eigenvalue weighted by atomic mass is 16.6. The number of likely N-dealkylation sites (tertiary alicyclic amines) is 1. The van der Waals surface area contributed by atoms with Crippen LogP contribution in [-0.4, -0.2) is 88.6 Å². The van der Waals surface area contributed by atoms with Gasteiger partial charge in [0.25, 0.3) is 5.91 Å². The molecule has 0 radical (unpaired) electrons. The Hall–Kier alpha value is -4.28. The molecule has 3 heterocycles. The average molecular weight is 686 g/mol. The van der Waals surface area contributed by atoms with Gasteiger partial charge >= 0.3 is 5.97 Å². The van der Waals surface area contributed by atoms with Crippen molar-refractivity contribution in [3.63, 3.8) is 0 Å². The molecule has 3 aliphatic rings. The van der Waals surface area contributed by atoms with E-state index in [9.17, 15) is 24.3 Å². The Morgan fingerprint density at radius 1 is 1.14 bits per heavy atom. The first-order valence-electron chi connectivity index (χ1n) is 17.7. The third-order valence-corrected chi connectivity index (χ3v) is 10.9. The molecule has 0 aromatic heterocycles. The van der Waals surface area contributed by atoms with Crippen LogP contribution < -0.4 is 4.90 Å². The van der Waals surface area contributed by atoms with Crippen molar-refractivity contribution in [1.29, 1.82) is 0 Å². The Balaban J connectivity index is 1.53. The number of likely N-dealkylation sites (N-methyl/N-ethyl adjacent to an activating group) is 1. The quantitative estimate of drug-likeness (QED) is 0.206. The van der Waals surface area contributed by atoms with E-state index in [4.69, 9.17) is 9.47 Å². The molecule has 0 saturated carbocycles. The van der Waals surface area contributed by atoms with E-state index in [-0.39, 0.29) is 31.4 Å². The van der Waals surface area contributed by atoms with Crippen molar-refractivity contribution in [3.8, 4) is 0 Å². The highest BCUT2D eigenvalue weighted by Crippen LogP contribution is 2.59. The molecule has 268 valence electrons. The standard InChI is InChI=1S/C40H51N3O7/c1-8-11-17-32(45)41(7)27(6)35(28-15-13-12-14-16-28)49-39(48)33-31-20-21-40(50-31)34(33)37(46)43(29(10-3)24-44)36(40)38(47)42(22-9-2)30-23-25(4)18-19-26(30)5/h8-9,12-16,18-19,23,27,29,31,33-36,44H,1-2,10-11,17,20-22,24H2,3-7H3/t27-,29-,31+,33-,34-,35+,36+,40-/m0/s1. The van der Waals surface area contributed by atoms with E-state index in [1.54, 1.807) is 29.0 Å². The molecule has 1 spiro atoms. The lowest BCUT2D eigenvalue weighted by Gasteiger charge is -2.39. The number of amides is 3. The van der Waals surface area contributed by atoms with Crippen LogP contribution in [0.15, 0.2) is 73.8 Å². The summed E-state index contributed by atoms with van der Waals surface area (Å²) in [4.78, 5) is 61.8. The summed E-state index contributed by atoms with van der Waals surface area (Å²) < 4.78 is 13.0. The first kappa shape index (κ1) is 37.0. The molecule has 8 atom stereocenters. The van der Waals surface area contributed by atoms with Crippen LogP contribution in [0.5, 0.6) is 0 Å². The molecule has 2 bridgehead atoms. The minimum Gasteiger partial charge on any atom is -0.455 e. The van der Waals surface area contributed by atoms with E-state index in [2.05, 4.69) is 13.2 Å². The number of ether oxygens (including phenoxy) is 2. The molecule has 0 unspecified atom stereocenters. The van der Waals surface area contributed by atoms with Crippen molar-refractivity contribution in [3.05, 3.63) is 90.5 Å². The fourth-order valence-corrected chi connectivity index (χ4v) is 8.16. The number of anilines is 1. The number of hydrogen-bond acceptors (Lipinski definition) is 7. The van der Waals surface area contributed by atoms with E-state index >= 15 is 0 Å². The molecule has 0 aliphatic carbocycles. The molecule has 3 aliphatic heterocycles. The second-order valence-corrected chi connectivity index (χ2v) is 13.9. The second-order valence-electron chi connectivity index (χ2n) is 13.9. The fourth-order valence-electron chi connectivity index (χ4n) is 8.16. The van der Waals surface area contributed by atoms with Crippen LogP contribution in [0.4, 0.5) is 5.69 Å². The maximum Gasteiger partial charge on any atom is 0.313 e. The van der Waals surface area contributed by atoms with Gasteiger partial charge in [0.1, 0.15) is 17.7 Å². The van der Waals surface area contributed by atoms with E-state index < -0.39 is 59.6 Å².